The van der Waals surface area contributed by atoms with Crippen molar-refractivity contribution in [3.8, 4) is 0 Å². The highest BCUT2D eigenvalue weighted by Gasteiger charge is 2.33. The maximum atomic E-state index is 12.9. The molecule has 1 aromatic carbocycles. The highest BCUT2D eigenvalue weighted by molar-refractivity contribution is 6.42. The lowest BCUT2D eigenvalue weighted by Gasteiger charge is -2.38. The summed E-state index contributed by atoms with van der Waals surface area (Å²) in [5, 5.41) is 4.07. The number of amides is 2. The SMILES string of the molecule is CNC1CCCN(C(=O)C2CCCN(C(=O)c3ccc(Cl)c(Cl)c3)C2)C1. The minimum atomic E-state index is -0.119. The van der Waals surface area contributed by atoms with Crippen LogP contribution in [0.2, 0.25) is 10.0 Å². The molecule has 0 saturated carbocycles. The molecule has 0 aliphatic carbocycles. The number of piperidine rings is 2. The van der Waals surface area contributed by atoms with Crippen LogP contribution < -0.4 is 5.32 Å². The van der Waals surface area contributed by atoms with E-state index in [9.17, 15) is 9.59 Å². The van der Waals surface area contributed by atoms with E-state index in [4.69, 9.17) is 23.2 Å². The van der Waals surface area contributed by atoms with Crippen molar-refractivity contribution in [3.63, 3.8) is 0 Å². The van der Waals surface area contributed by atoms with E-state index in [1.807, 2.05) is 11.9 Å². The third kappa shape index (κ3) is 4.33. The van der Waals surface area contributed by atoms with Crippen LogP contribution in [0.3, 0.4) is 0 Å². The lowest BCUT2D eigenvalue weighted by molar-refractivity contribution is -0.138. The predicted molar refractivity (Wildman–Crippen MR) is 104 cm³/mol. The maximum Gasteiger partial charge on any atom is 0.253 e. The second kappa shape index (κ2) is 8.59. The summed E-state index contributed by atoms with van der Waals surface area (Å²) in [4.78, 5) is 29.5. The summed E-state index contributed by atoms with van der Waals surface area (Å²) < 4.78 is 0. The van der Waals surface area contributed by atoms with Gasteiger partial charge in [-0.3, -0.25) is 9.59 Å². The smallest absolute Gasteiger partial charge is 0.253 e. The first-order valence-electron chi connectivity index (χ1n) is 9.20. The van der Waals surface area contributed by atoms with Crippen molar-refractivity contribution >= 4 is 35.0 Å². The van der Waals surface area contributed by atoms with E-state index in [-0.39, 0.29) is 17.7 Å². The molecule has 7 heteroatoms. The first-order valence-corrected chi connectivity index (χ1v) is 9.95. The molecule has 1 N–H and O–H groups in total. The fourth-order valence-corrected chi connectivity index (χ4v) is 4.14. The molecule has 2 aliphatic rings. The van der Waals surface area contributed by atoms with E-state index in [0.29, 0.717) is 34.7 Å². The fraction of sp³-hybridized carbons (Fsp3) is 0.579. The monoisotopic (exact) mass is 397 g/mol. The number of halogens is 2. The van der Waals surface area contributed by atoms with E-state index in [0.717, 1.165) is 38.8 Å². The normalized spacial score (nSPS) is 23.8. The number of benzene rings is 1. The highest BCUT2D eigenvalue weighted by atomic mass is 35.5. The van der Waals surface area contributed by atoms with Gasteiger partial charge in [0.2, 0.25) is 5.91 Å². The Morgan fingerprint density at radius 2 is 1.77 bits per heavy atom. The molecule has 2 atom stereocenters. The van der Waals surface area contributed by atoms with Gasteiger partial charge in [0.25, 0.3) is 5.91 Å². The Labute approximate surface area is 164 Å². The zero-order chi connectivity index (χ0) is 18.7. The molecule has 0 radical (unpaired) electrons. The Morgan fingerprint density at radius 3 is 2.50 bits per heavy atom. The summed E-state index contributed by atoms with van der Waals surface area (Å²) in [6.07, 6.45) is 3.81. The summed E-state index contributed by atoms with van der Waals surface area (Å²) in [7, 11) is 1.94. The molecule has 0 bridgehead atoms. The number of nitrogens with zero attached hydrogens (tertiary/aromatic N) is 2. The number of hydrogen-bond acceptors (Lipinski definition) is 3. The topological polar surface area (TPSA) is 52.7 Å². The Balaban J connectivity index is 1.65. The van der Waals surface area contributed by atoms with Crippen molar-refractivity contribution in [1.82, 2.24) is 15.1 Å². The average Bonchev–Trinajstić information content (AvgIpc) is 2.69. The zero-order valence-corrected chi connectivity index (χ0v) is 16.5. The molecule has 2 amide bonds. The van der Waals surface area contributed by atoms with Gasteiger partial charge in [-0.25, -0.2) is 0 Å². The predicted octanol–water partition coefficient (Wildman–Crippen LogP) is 3.06. The van der Waals surface area contributed by atoms with Gasteiger partial charge in [0.15, 0.2) is 0 Å². The van der Waals surface area contributed by atoms with Crippen molar-refractivity contribution in [1.29, 1.82) is 0 Å². The molecule has 2 fully saturated rings. The summed E-state index contributed by atoms with van der Waals surface area (Å²) in [6, 6.07) is 5.28. The molecule has 3 rings (SSSR count). The Morgan fingerprint density at radius 1 is 1.04 bits per heavy atom. The van der Waals surface area contributed by atoms with Gasteiger partial charge in [0.05, 0.1) is 16.0 Å². The van der Waals surface area contributed by atoms with Crippen LogP contribution in [0.25, 0.3) is 0 Å². The van der Waals surface area contributed by atoms with Crippen molar-refractivity contribution in [2.24, 2.45) is 5.92 Å². The van der Waals surface area contributed by atoms with Gasteiger partial charge in [-0.05, 0) is 50.9 Å². The van der Waals surface area contributed by atoms with Gasteiger partial charge in [-0.1, -0.05) is 23.2 Å². The number of nitrogens with one attached hydrogen (secondary N) is 1. The van der Waals surface area contributed by atoms with Crippen LogP contribution in [0.4, 0.5) is 0 Å². The molecular weight excluding hydrogens is 373 g/mol. The minimum Gasteiger partial charge on any atom is -0.341 e. The van der Waals surface area contributed by atoms with Crippen LogP contribution in [0.5, 0.6) is 0 Å². The molecule has 2 unspecified atom stereocenters. The summed E-state index contributed by atoms with van der Waals surface area (Å²) in [5.74, 6) is -0.0320. The Bertz CT molecular complexity index is 683. The summed E-state index contributed by atoms with van der Waals surface area (Å²) in [6.45, 7) is 2.71. The number of likely N-dealkylation sites (N-methyl/N-ethyl adjacent to an activating group) is 1. The maximum absolute atomic E-state index is 12.9. The highest BCUT2D eigenvalue weighted by Crippen LogP contribution is 2.26. The van der Waals surface area contributed by atoms with Crippen molar-refractivity contribution in [3.05, 3.63) is 33.8 Å². The van der Waals surface area contributed by atoms with Crippen LogP contribution in [0.1, 0.15) is 36.0 Å². The van der Waals surface area contributed by atoms with E-state index in [1.54, 1.807) is 23.1 Å². The quantitative estimate of drug-likeness (QED) is 0.852. The van der Waals surface area contributed by atoms with Crippen LogP contribution in [-0.4, -0.2) is 60.9 Å². The Kier molecular flexibility index (Phi) is 6.43. The van der Waals surface area contributed by atoms with Gasteiger partial charge in [0, 0.05) is 37.8 Å². The molecule has 5 nitrogen and oxygen atoms in total. The van der Waals surface area contributed by atoms with E-state index in [2.05, 4.69) is 5.32 Å². The first kappa shape index (κ1) is 19.5. The lowest BCUT2D eigenvalue weighted by Crippen LogP contribution is -2.52. The largest absolute Gasteiger partial charge is 0.341 e. The van der Waals surface area contributed by atoms with Gasteiger partial charge < -0.3 is 15.1 Å². The number of likely N-dealkylation sites (tertiary alicyclic amines) is 2. The number of carbonyl (C=O) groups is 2. The molecule has 2 aliphatic heterocycles. The van der Waals surface area contributed by atoms with E-state index >= 15 is 0 Å². The number of carbonyl (C=O) groups excluding carboxylic acids is 2. The van der Waals surface area contributed by atoms with Gasteiger partial charge in [-0.2, -0.15) is 0 Å². The van der Waals surface area contributed by atoms with E-state index in [1.165, 1.54) is 0 Å². The van der Waals surface area contributed by atoms with Crippen LogP contribution in [-0.2, 0) is 4.79 Å². The lowest BCUT2D eigenvalue weighted by atomic mass is 9.94. The third-order valence-corrected chi connectivity index (χ3v) is 6.10. The van der Waals surface area contributed by atoms with E-state index < -0.39 is 0 Å². The number of rotatable bonds is 3. The second-order valence-electron chi connectivity index (χ2n) is 7.13. The van der Waals surface area contributed by atoms with Gasteiger partial charge in [-0.15, -0.1) is 0 Å². The first-order chi connectivity index (χ1) is 12.5. The molecule has 1 aromatic rings. The van der Waals surface area contributed by atoms with Crippen molar-refractivity contribution < 1.29 is 9.59 Å². The van der Waals surface area contributed by atoms with Gasteiger partial charge >= 0.3 is 0 Å². The Hall–Kier alpha value is -1.30. The van der Waals surface area contributed by atoms with Gasteiger partial charge in [0.1, 0.15) is 0 Å². The molecule has 0 aromatic heterocycles. The molecule has 26 heavy (non-hydrogen) atoms. The third-order valence-electron chi connectivity index (χ3n) is 5.37. The zero-order valence-electron chi connectivity index (χ0n) is 15.0. The van der Waals surface area contributed by atoms with Crippen molar-refractivity contribution in [2.75, 3.05) is 33.2 Å². The summed E-state index contributed by atoms with van der Waals surface area (Å²) >= 11 is 12.0. The van der Waals surface area contributed by atoms with Crippen LogP contribution in [0, 0.1) is 5.92 Å². The summed E-state index contributed by atoms with van der Waals surface area (Å²) in [5.41, 5.74) is 0.515. The second-order valence-corrected chi connectivity index (χ2v) is 7.95. The van der Waals surface area contributed by atoms with Crippen LogP contribution in [0.15, 0.2) is 18.2 Å². The molecule has 2 saturated heterocycles. The molecular formula is C19H25Cl2N3O2. The molecule has 142 valence electrons. The molecule has 0 spiro atoms. The standard InChI is InChI=1S/C19H25Cl2N3O2/c1-22-15-5-3-9-24(12-15)19(26)14-4-2-8-23(11-14)18(25)13-6-7-16(20)17(21)10-13/h6-7,10,14-15,22H,2-5,8-9,11-12H2,1H3. The molecule has 2 heterocycles. The number of hydrogen-bond donors (Lipinski definition) is 1. The average molecular weight is 398 g/mol. The fourth-order valence-electron chi connectivity index (χ4n) is 3.85. The minimum absolute atomic E-state index is 0.0900. The van der Waals surface area contributed by atoms with Crippen molar-refractivity contribution in [2.45, 2.75) is 31.7 Å². The van der Waals surface area contributed by atoms with Crippen LogP contribution >= 0.6 is 23.2 Å².